The minimum atomic E-state index is -0.0677. The number of nitrogens with zero attached hydrogens (tertiary/aromatic N) is 1. The molecule has 4 nitrogen and oxygen atoms in total. The highest BCUT2D eigenvalue weighted by Gasteiger charge is 2.23. The maximum atomic E-state index is 11.0. The van der Waals surface area contributed by atoms with Gasteiger partial charge in [-0.2, -0.15) is 0 Å². The van der Waals surface area contributed by atoms with Crippen molar-refractivity contribution in [2.24, 2.45) is 11.8 Å². The molecular weight excluding hydrogens is 178 g/mol. The van der Waals surface area contributed by atoms with Crippen LogP contribution in [0.15, 0.2) is 0 Å². The van der Waals surface area contributed by atoms with Crippen molar-refractivity contribution in [1.29, 1.82) is 0 Å². The van der Waals surface area contributed by atoms with Gasteiger partial charge in [-0.25, -0.2) is 5.84 Å². The highest BCUT2D eigenvalue weighted by molar-refractivity contribution is 5.75. The van der Waals surface area contributed by atoms with Crippen molar-refractivity contribution in [1.82, 2.24) is 10.3 Å². The molecule has 1 saturated carbocycles. The van der Waals surface area contributed by atoms with Gasteiger partial charge in [0, 0.05) is 19.5 Å². The van der Waals surface area contributed by atoms with Gasteiger partial charge < -0.3 is 4.90 Å². The molecule has 0 saturated heterocycles. The summed E-state index contributed by atoms with van der Waals surface area (Å²) in [5, 5.41) is 0. The van der Waals surface area contributed by atoms with Crippen LogP contribution in [0.2, 0.25) is 0 Å². The molecule has 0 aromatic carbocycles. The van der Waals surface area contributed by atoms with E-state index < -0.39 is 0 Å². The van der Waals surface area contributed by atoms with Crippen LogP contribution in [0.25, 0.3) is 0 Å². The lowest BCUT2D eigenvalue weighted by Gasteiger charge is -2.20. The second kappa shape index (κ2) is 5.98. The van der Waals surface area contributed by atoms with Crippen molar-refractivity contribution in [3.05, 3.63) is 0 Å². The average molecular weight is 199 g/mol. The van der Waals surface area contributed by atoms with Crippen LogP contribution >= 0.6 is 0 Å². The van der Waals surface area contributed by atoms with E-state index in [9.17, 15) is 4.79 Å². The van der Waals surface area contributed by atoms with Gasteiger partial charge in [-0.15, -0.1) is 0 Å². The second-order valence-corrected chi connectivity index (χ2v) is 4.06. The van der Waals surface area contributed by atoms with Crippen LogP contribution in [-0.4, -0.2) is 30.4 Å². The van der Waals surface area contributed by atoms with Gasteiger partial charge in [0.2, 0.25) is 5.91 Å². The number of nitrogens with one attached hydrogen (secondary N) is 1. The average Bonchev–Trinajstić information content (AvgIpc) is 2.98. The van der Waals surface area contributed by atoms with Crippen LogP contribution in [0.3, 0.4) is 0 Å². The third-order valence-corrected chi connectivity index (χ3v) is 2.57. The lowest BCUT2D eigenvalue weighted by molar-refractivity contribution is -0.121. The molecule has 82 valence electrons. The number of hydrogen-bond acceptors (Lipinski definition) is 3. The van der Waals surface area contributed by atoms with Gasteiger partial charge in [0.15, 0.2) is 0 Å². The summed E-state index contributed by atoms with van der Waals surface area (Å²) in [5.41, 5.74) is 2.17. The summed E-state index contributed by atoms with van der Waals surface area (Å²) in [7, 11) is 0. The molecule has 0 aromatic heterocycles. The molecule has 0 aromatic rings. The zero-order valence-electron chi connectivity index (χ0n) is 8.96. The third kappa shape index (κ3) is 4.58. The van der Waals surface area contributed by atoms with Crippen LogP contribution in [0.4, 0.5) is 0 Å². The van der Waals surface area contributed by atoms with Crippen LogP contribution in [-0.2, 0) is 4.79 Å². The van der Waals surface area contributed by atoms with Crippen molar-refractivity contribution in [2.75, 3.05) is 19.6 Å². The topological polar surface area (TPSA) is 58.4 Å². The summed E-state index contributed by atoms with van der Waals surface area (Å²) in [4.78, 5) is 13.3. The molecule has 14 heavy (non-hydrogen) atoms. The first kappa shape index (κ1) is 11.5. The maximum absolute atomic E-state index is 11.0. The van der Waals surface area contributed by atoms with Gasteiger partial charge in [-0.05, 0) is 31.7 Å². The zero-order valence-corrected chi connectivity index (χ0v) is 8.96. The Balaban J connectivity index is 2.15. The fraction of sp³-hybridized carbons (Fsp3) is 0.900. The van der Waals surface area contributed by atoms with Crippen molar-refractivity contribution < 1.29 is 4.79 Å². The quantitative estimate of drug-likeness (QED) is 0.356. The molecule has 0 radical (unpaired) electrons. The number of hydrogen-bond donors (Lipinski definition) is 2. The molecule has 1 aliphatic carbocycles. The van der Waals surface area contributed by atoms with Gasteiger partial charge in [-0.3, -0.25) is 10.2 Å². The normalized spacial score (nSPS) is 15.9. The van der Waals surface area contributed by atoms with Gasteiger partial charge >= 0.3 is 0 Å². The first-order valence-electron chi connectivity index (χ1n) is 5.48. The first-order chi connectivity index (χ1) is 6.76. The number of hydrazine groups is 1. The van der Waals surface area contributed by atoms with E-state index in [1.165, 1.54) is 12.8 Å². The molecule has 4 heteroatoms. The lowest BCUT2D eigenvalue weighted by Crippen LogP contribution is -2.35. The van der Waals surface area contributed by atoms with E-state index in [0.717, 1.165) is 32.0 Å². The Morgan fingerprint density at radius 2 is 2.21 bits per heavy atom. The van der Waals surface area contributed by atoms with Crippen LogP contribution < -0.4 is 11.3 Å². The van der Waals surface area contributed by atoms with E-state index in [-0.39, 0.29) is 5.91 Å². The number of nitrogens with two attached hydrogens (primary N) is 1. The van der Waals surface area contributed by atoms with Gasteiger partial charge in [0.1, 0.15) is 0 Å². The van der Waals surface area contributed by atoms with E-state index in [1.807, 2.05) is 0 Å². The summed E-state index contributed by atoms with van der Waals surface area (Å²) in [5.74, 6) is 5.85. The predicted octanol–water partition coefficient (Wildman–Crippen LogP) is 0.488. The Kier molecular flexibility index (Phi) is 4.90. The van der Waals surface area contributed by atoms with Crippen LogP contribution in [0, 0.1) is 5.92 Å². The number of amides is 1. The second-order valence-electron chi connectivity index (χ2n) is 4.06. The zero-order chi connectivity index (χ0) is 10.4. The van der Waals surface area contributed by atoms with Crippen molar-refractivity contribution >= 4 is 5.91 Å². The molecule has 0 atom stereocenters. The molecule has 1 amide bonds. The maximum Gasteiger partial charge on any atom is 0.235 e. The summed E-state index contributed by atoms with van der Waals surface area (Å²) in [6, 6.07) is 0. The molecular formula is C10H21N3O. The Hall–Kier alpha value is -0.610. The standard InChI is InChI=1S/C10H21N3O/c1-2-6-13(8-9-3-4-9)7-5-10(14)12-11/h9H,2-8,11H2,1H3,(H,12,14). The van der Waals surface area contributed by atoms with E-state index in [2.05, 4.69) is 17.2 Å². The Bertz CT molecular complexity index is 180. The smallest absolute Gasteiger partial charge is 0.235 e. The van der Waals surface area contributed by atoms with E-state index in [1.54, 1.807) is 0 Å². The highest BCUT2D eigenvalue weighted by atomic mass is 16.2. The van der Waals surface area contributed by atoms with E-state index in [0.29, 0.717) is 6.42 Å². The fourth-order valence-corrected chi connectivity index (χ4v) is 1.61. The summed E-state index contributed by atoms with van der Waals surface area (Å²) in [6.45, 7) is 5.26. The molecule has 1 aliphatic rings. The molecule has 1 rings (SSSR count). The lowest BCUT2D eigenvalue weighted by atomic mass is 10.3. The minimum absolute atomic E-state index is 0.0677. The van der Waals surface area contributed by atoms with E-state index in [4.69, 9.17) is 5.84 Å². The Morgan fingerprint density at radius 3 is 2.71 bits per heavy atom. The van der Waals surface area contributed by atoms with Crippen molar-refractivity contribution in [2.45, 2.75) is 32.6 Å². The van der Waals surface area contributed by atoms with Crippen LogP contribution in [0.5, 0.6) is 0 Å². The van der Waals surface area contributed by atoms with Crippen LogP contribution in [0.1, 0.15) is 32.6 Å². The molecule has 0 bridgehead atoms. The van der Waals surface area contributed by atoms with Gasteiger partial charge in [0.05, 0.1) is 0 Å². The Morgan fingerprint density at radius 1 is 1.50 bits per heavy atom. The van der Waals surface area contributed by atoms with E-state index >= 15 is 0 Å². The molecule has 0 unspecified atom stereocenters. The fourth-order valence-electron chi connectivity index (χ4n) is 1.61. The predicted molar refractivity (Wildman–Crippen MR) is 56.4 cm³/mol. The summed E-state index contributed by atoms with van der Waals surface area (Å²) >= 11 is 0. The SMILES string of the molecule is CCCN(CCC(=O)NN)CC1CC1. The minimum Gasteiger partial charge on any atom is -0.303 e. The largest absolute Gasteiger partial charge is 0.303 e. The summed E-state index contributed by atoms with van der Waals surface area (Å²) < 4.78 is 0. The molecule has 1 fully saturated rings. The van der Waals surface area contributed by atoms with Gasteiger partial charge in [-0.1, -0.05) is 6.92 Å². The Labute approximate surface area is 85.8 Å². The highest BCUT2D eigenvalue weighted by Crippen LogP contribution is 2.29. The molecule has 0 aliphatic heterocycles. The molecule has 0 heterocycles. The number of carbonyl (C=O) groups is 1. The summed E-state index contributed by atoms with van der Waals surface area (Å²) in [6.07, 6.45) is 4.40. The third-order valence-electron chi connectivity index (χ3n) is 2.57. The monoisotopic (exact) mass is 199 g/mol. The number of rotatable bonds is 7. The van der Waals surface area contributed by atoms with Crippen molar-refractivity contribution in [3.63, 3.8) is 0 Å². The first-order valence-corrected chi connectivity index (χ1v) is 5.48. The van der Waals surface area contributed by atoms with Gasteiger partial charge in [0.25, 0.3) is 0 Å². The molecule has 0 spiro atoms. The molecule has 3 N–H and O–H groups in total. The number of carbonyl (C=O) groups excluding carboxylic acids is 1. The van der Waals surface area contributed by atoms with Crippen molar-refractivity contribution in [3.8, 4) is 0 Å².